The Bertz CT molecular complexity index is 536. The number of hydrogen-bond acceptors (Lipinski definition) is 4. The second-order valence-corrected chi connectivity index (χ2v) is 8.26. The Kier molecular flexibility index (Phi) is 5.55. The maximum atomic E-state index is 12.5. The Balaban J connectivity index is 1.56. The molecule has 3 rings (SSSR count). The zero-order valence-corrected chi connectivity index (χ0v) is 15.3. The first-order valence-corrected chi connectivity index (χ1v) is 9.67. The van der Waals surface area contributed by atoms with E-state index in [1.54, 1.807) is 11.8 Å². The number of ether oxygens (including phenoxy) is 1. The third-order valence-corrected chi connectivity index (χ3v) is 6.67. The van der Waals surface area contributed by atoms with E-state index in [1.807, 2.05) is 31.2 Å². The van der Waals surface area contributed by atoms with Crippen molar-refractivity contribution in [1.82, 2.24) is 4.90 Å². The molecule has 2 aliphatic heterocycles. The summed E-state index contributed by atoms with van der Waals surface area (Å²) in [6.45, 7) is 2.03. The van der Waals surface area contributed by atoms with Crippen LogP contribution in [0, 0.1) is 0 Å². The average Bonchev–Trinajstić information content (AvgIpc) is 2.75. The van der Waals surface area contributed by atoms with Crippen LogP contribution in [-0.4, -0.2) is 41.4 Å². The number of carbonyl (C=O) groups is 1. The molecule has 2 heterocycles. The zero-order chi connectivity index (χ0) is 16.4. The molecule has 23 heavy (non-hydrogen) atoms. The minimum absolute atomic E-state index is 0.0681. The Morgan fingerprint density at radius 2 is 1.91 bits per heavy atom. The molecule has 0 aromatic heterocycles. The van der Waals surface area contributed by atoms with E-state index in [4.69, 9.17) is 16.3 Å². The number of hydrogen-bond donors (Lipinski definition) is 0. The van der Waals surface area contributed by atoms with E-state index >= 15 is 0 Å². The smallest absolute Gasteiger partial charge is 0.319 e. The highest BCUT2D eigenvalue weighted by molar-refractivity contribution is 8.00. The van der Waals surface area contributed by atoms with Crippen LogP contribution in [0.15, 0.2) is 29.2 Å². The van der Waals surface area contributed by atoms with Gasteiger partial charge < -0.3 is 9.64 Å². The topological polar surface area (TPSA) is 29.5 Å². The van der Waals surface area contributed by atoms with Gasteiger partial charge in [-0.2, -0.15) is 0 Å². The number of thioether (sulfide) groups is 1. The van der Waals surface area contributed by atoms with Gasteiger partial charge in [0.05, 0.1) is 0 Å². The van der Waals surface area contributed by atoms with Gasteiger partial charge in [0.25, 0.3) is 0 Å². The number of rotatable bonds is 5. The molecule has 1 aromatic rings. The molecule has 0 N–H and O–H groups in total. The monoisotopic (exact) mass is 353 g/mol. The van der Waals surface area contributed by atoms with E-state index in [-0.39, 0.29) is 17.3 Å². The van der Waals surface area contributed by atoms with Crippen molar-refractivity contribution in [3.63, 3.8) is 0 Å². The fourth-order valence-electron chi connectivity index (χ4n) is 3.67. The highest BCUT2D eigenvalue weighted by atomic mass is 35.5. The maximum Gasteiger partial charge on any atom is 0.319 e. The van der Waals surface area contributed by atoms with Crippen LogP contribution in [0.2, 0.25) is 5.02 Å². The molecule has 0 saturated carbocycles. The molecule has 0 amide bonds. The predicted octanol–water partition coefficient (Wildman–Crippen LogP) is 4.38. The predicted molar refractivity (Wildman–Crippen MR) is 95.1 cm³/mol. The number of benzene rings is 1. The molecule has 5 heteroatoms. The third-order valence-electron chi connectivity index (χ3n) is 5.06. The molecular weight excluding hydrogens is 330 g/mol. The van der Waals surface area contributed by atoms with Crippen LogP contribution in [-0.2, 0) is 9.53 Å². The van der Waals surface area contributed by atoms with Gasteiger partial charge >= 0.3 is 5.97 Å². The van der Waals surface area contributed by atoms with Gasteiger partial charge in [-0.15, -0.1) is 11.8 Å². The zero-order valence-electron chi connectivity index (χ0n) is 13.7. The number of piperidine rings is 1. The highest BCUT2D eigenvalue weighted by Crippen LogP contribution is 2.36. The first-order valence-electron chi connectivity index (χ1n) is 8.41. The van der Waals surface area contributed by atoms with Gasteiger partial charge in [0.2, 0.25) is 0 Å². The van der Waals surface area contributed by atoms with Crippen LogP contribution in [0.4, 0.5) is 0 Å². The first-order chi connectivity index (χ1) is 11.1. The minimum Gasteiger partial charge on any atom is -0.461 e. The van der Waals surface area contributed by atoms with Crippen LogP contribution in [0.1, 0.15) is 39.0 Å². The van der Waals surface area contributed by atoms with Crippen LogP contribution >= 0.6 is 23.4 Å². The molecule has 0 radical (unpaired) electrons. The van der Waals surface area contributed by atoms with Crippen LogP contribution in [0.5, 0.6) is 0 Å². The van der Waals surface area contributed by atoms with Crippen molar-refractivity contribution in [3.8, 4) is 0 Å². The van der Waals surface area contributed by atoms with Crippen molar-refractivity contribution in [1.29, 1.82) is 0 Å². The van der Waals surface area contributed by atoms with Gasteiger partial charge in [-0.25, -0.2) is 0 Å². The van der Waals surface area contributed by atoms with E-state index < -0.39 is 0 Å². The van der Waals surface area contributed by atoms with E-state index in [1.165, 1.54) is 12.8 Å². The summed E-state index contributed by atoms with van der Waals surface area (Å²) < 4.78 is 5.86. The summed E-state index contributed by atoms with van der Waals surface area (Å²) in [7, 11) is 2.20. The molecule has 1 aromatic carbocycles. The number of fused-ring (bicyclic) bond motifs is 2. The van der Waals surface area contributed by atoms with E-state index in [0.29, 0.717) is 17.1 Å². The molecule has 2 fully saturated rings. The summed E-state index contributed by atoms with van der Waals surface area (Å²) in [6.07, 6.45) is 5.32. The second-order valence-electron chi connectivity index (χ2n) is 6.55. The minimum atomic E-state index is -0.145. The van der Waals surface area contributed by atoms with Crippen molar-refractivity contribution in [2.75, 3.05) is 7.05 Å². The van der Waals surface area contributed by atoms with Crippen LogP contribution < -0.4 is 0 Å². The average molecular weight is 354 g/mol. The van der Waals surface area contributed by atoms with E-state index in [2.05, 4.69) is 11.9 Å². The summed E-state index contributed by atoms with van der Waals surface area (Å²) >= 11 is 7.48. The maximum absolute atomic E-state index is 12.5. The lowest BCUT2D eigenvalue weighted by molar-refractivity contribution is -0.151. The molecule has 126 valence electrons. The Morgan fingerprint density at radius 1 is 1.30 bits per heavy atom. The molecule has 4 atom stereocenters. The molecule has 0 spiro atoms. The van der Waals surface area contributed by atoms with Crippen molar-refractivity contribution in [2.24, 2.45) is 0 Å². The van der Waals surface area contributed by atoms with Gasteiger partial charge in [0, 0.05) is 22.0 Å². The summed E-state index contributed by atoms with van der Waals surface area (Å²) in [5.41, 5.74) is 0. The lowest BCUT2D eigenvalue weighted by Gasteiger charge is -2.36. The molecule has 2 bridgehead atoms. The van der Waals surface area contributed by atoms with Crippen LogP contribution in [0.25, 0.3) is 0 Å². The molecule has 3 nitrogen and oxygen atoms in total. The standard InChI is InChI=1S/C18H24ClNO2S/c1-3-17(23-16-8-4-12(19)5-9-16)18(21)22-15-10-13-6-7-14(11-15)20(13)2/h4-5,8-9,13-15,17H,3,6-7,10-11H2,1-2H3/t13-,14+,15?,17-/m0/s1. The SMILES string of the molecule is CC[C@H](Sc1ccc(Cl)cc1)C(=O)OC1C[C@H]2CC[C@@H](C1)N2C. The number of esters is 1. The fraction of sp³-hybridized carbons (Fsp3) is 0.611. The normalized spacial score (nSPS) is 28.6. The van der Waals surface area contributed by atoms with Crippen molar-refractivity contribution in [3.05, 3.63) is 29.3 Å². The van der Waals surface area contributed by atoms with Crippen LogP contribution in [0.3, 0.4) is 0 Å². The quantitative estimate of drug-likeness (QED) is 0.580. The van der Waals surface area contributed by atoms with E-state index in [9.17, 15) is 4.79 Å². The van der Waals surface area contributed by atoms with Gasteiger partial charge in [-0.1, -0.05) is 18.5 Å². The summed E-state index contributed by atoms with van der Waals surface area (Å²) in [4.78, 5) is 16.1. The van der Waals surface area contributed by atoms with Gasteiger partial charge in [0.15, 0.2) is 0 Å². The summed E-state index contributed by atoms with van der Waals surface area (Å²) in [5.74, 6) is -0.0681. The third kappa shape index (κ3) is 4.04. The molecule has 0 aliphatic carbocycles. The first kappa shape index (κ1) is 17.1. The van der Waals surface area contributed by atoms with Crippen molar-refractivity contribution < 1.29 is 9.53 Å². The number of carbonyl (C=O) groups excluding carboxylic acids is 1. The van der Waals surface area contributed by atoms with Crippen molar-refractivity contribution >= 4 is 29.3 Å². The molecule has 1 unspecified atom stereocenters. The number of nitrogens with zero attached hydrogens (tertiary/aromatic N) is 1. The van der Waals surface area contributed by atoms with Gasteiger partial charge in [-0.05, 0) is 63.4 Å². The van der Waals surface area contributed by atoms with Gasteiger partial charge in [-0.3, -0.25) is 4.79 Å². The summed E-state index contributed by atoms with van der Waals surface area (Å²) in [5, 5.41) is 0.570. The molecule has 2 aliphatic rings. The Hall–Kier alpha value is -0.710. The fourth-order valence-corrected chi connectivity index (χ4v) is 4.74. The lowest BCUT2D eigenvalue weighted by Crippen LogP contribution is -2.44. The Labute approximate surface area is 147 Å². The van der Waals surface area contributed by atoms with E-state index in [0.717, 1.165) is 24.2 Å². The number of halogens is 1. The van der Waals surface area contributed by atoms with Crippen molar-refractivity contribution in [2.45, 2.75) is 67.4 Å². The summed E-state index contributed by atoms with van der Waals surface area (Å²) in [6, 6.07) is 8.82. The largest absolute Gasteiger partial charge is 0.461 e. The lowest BCUT2D eigenvalue weighted by atomic mass is 10.0. The molecule has 2 saturated heterocycles. The van der Waals surface area contributed by atoms with Gasteiger partial charge in [0.1, 0.15) is 11.4 Å². The Morgan fingerprint density at radius 3 is 2.48 bits per heavy atom. The highest BCUT2D eigenvalue weighted by Gasteiger charge is 2.40. The molecular formula is C18H24ClNO2S. The second kappa shape index (κ2) is 7.45.